The van der Waals surface area contributed by atoms with E-state index in [1.54, 1.807) is 24.3 Å². The molecule has 3 nitrogen and oxygen atoms in total. The van der Waals surface area contributed by atoms with Crippen molar-refractivity contribution < 1.29 is 9.59 Å². The van der Waals surface area contributed by atoms with Gasteiger partial charge >= 0.3 is 0 Å². The molecule has 0 aliphatic carbocycles. The van der Waals surface area contributed by atoms with Crippen LogP contribution in [0.2, 0.25) is 0 Å². The van der Waals surface area contributed by atoms with E-state index in [1.807, 2.05) is 30.3 Å². The quantitative estimate of drug-likeness (QED) is 0.621. The SMILES string of the molecule is O=C1c2ccccc2C(=O)N1S/C(=C/Cl)Cc1ccccc1. The third-order valence-corrected chi connectivity index (χ3v) is 4.71. The van der Waals surface area contributed by atoms with Gasteiger partial charge in [-0.2, -0.15) is 0 Å². The second kappa shape index (κ2) is 6.38. The van der Waals surface area contributed by atoms with E-state index >= 15 is 0 Å². The molecule has 0 N–H and O–H groups in total. The highest BCUT2D eigenvalue weighted by Gasteiger charge is 2.36. The molecule has 2 aromatic carbocycles. The second-order valence-electron chi connectivity index (χ2n) is 4.78. The first-order valence-corrected chi connectivity index (χ1v) is 7.90. The highest BCUT2D eigenvalue weighted by molar-refractivity contribution is 8.02. The van der Waals surface area contributed by atoms with Crippen molar-refractivity contribution in [3.05, 3.63) is 81.7 Å². The van der Waals surface area contributed by atoms with Gasteiger partial charge in [-0.15, -0.1) is 0 Å². The topological polar surface area (TPSA) is 37.4 Å². The number of carbonyl (C=O) groups excluding carboxylic acids is 2. The zero-order valence-corrected chi connectivity index (χ0v) is 13.1. The van der Waals surface area contributed by atoms with Crippen LogP contribution in [-0.4, -0.2) is 16.1 Å². The number of amides is 2. The molecule has 2 amide bonds. The maximum atomic E-state index is 12.3. The fourth-order valence-corrected chi connectivity index (χ4v) is 3.32. The van der Waals surface area contributed by atoms with E-state index < -0.39 is 0 Å². The Morgan fingerprint density at radius 3 is 2.05 bits per heavy atom. The van der Waals surface area contributed by atoms with Gasteiger partial charge in [-0.3, -0.25) is 9.59 Å². The third-order valence-electron chi connectivity index (χ3n) is 3.31. The zero-order chi connectivity index (χ0) is 15.5. The van der Waals surface area contributed by atoms with Crippen LogP contribution in [0.15, 0.2) is 65.0 Å². The molecular formula is C17H12ClNO2S. The lowest BCUT2D eigenvalue weighted by atomic mass is 10.1. The van der Waals surface area contributed by atoms with Crippen LogP contribution in [0.25, 0.3) is 0 Å². The molecule has 2 aromatic rings. The molecule has 1 aliphatic rings. The van der Waals surface area contributed by atoms with E-state index in [1.165, 1.54) is 9.84 Å². The molecule has 0 atom stereocenters. The van der Waals surface area contributed by atoms with Crippen molar-refractivity contribution in [1.82, 2.24) is 4.31 Å². The Morgan fingerprint density at radius 2 is 1.50 bits per heavy atom. The lowest BCUT2D eigenvalue weighted by Gasteiger charge is -2.14. The van der Waals surface area contributed by atoms with Crippen molar-refractivity contribution in [2.24, 2.45) is 0 Å². The minimum Gasteiger partial charge on any atom is -0.268 e. The summed E-state index contributed by atoms with van der Waals surface area (Å²) in [5.74, 6) is -0.593. The van der Waals surface area contributed by atoms with Crippen molar-refractivity contribution in [2.45, 2.75) is 6.42 Å². The Morgan fingerprint density at radius 1 is 0.955 bits per heavy atom. The molecule has 110 valence electrons. The smallest absolute Gasteiger partial charge is 0.268 e. The van der Waals surface area contributed by atoms with Crippen LogP contribution in [-0.2, 0) is 6.42 Å². The molecule has 0 spiro atoms. The van der Waals surface area contributed by atoms with Crippen molar-refractivity contribution in [2.75, 3.05) is 0 Å². The van der Waals surface area contributed by atoms with E-state index in [4.69, 9.17) is 11.6 Å². The molecular weight excluding hydrogens is 318 g/mol. The van der Waals surface area contributed by atoms with Crippen LogP contribution in [0.5, 0.6) is 0 Å². The van der Waals surface area contributed by atoms with Gasteiger partial charge in [0, 0.05) is 16.9 Å². The summed E-state index contributed by atoms with van der Waals surface area (Å²) < 4.78 is 1.17. The first-order chi connectivity index (χ1) is 10.7. The first-order valence-electron chi connectivity index (χ1n) is 6.69. The van der Waals surface area contributed by atoms with Crippen LogP contribution < -0.4 is 0 Å². The van der Waals surface area contributed by atoms with E-state index in [2.05, 4.69) is 0 Å². The number of benzene rings is 2. The van der Waals surface area contributed by atoms with Gasteiger partial charge in [0.2, 0.25) is 0 Å². The molecule has 22 heavy (non-hydrogen) atoms. The molecule has 1 aliphatic heterocycles. The number of fused-ring (bicyclic) bond motifs is 1. The standard InChI is InChI=1S/C17H12ClNO2S/c18-11-13(10-12-6-2-1-3-7-12)22-19-16(20)14-8-4-5-9-15(14)17(19)21/h1-9,11H,10H2/b13-11+. The van der Waals surface area contributed by atoms with Gasteiger partial charge in [0.1, 0.15) is 0 Å². The predicted octanol–water partition coefficient (Wildman–Crippen LogP) is 4.25. The normalized spacial score (nSPS) is 14.4. The number of allylic oxidation sites excluding steroid dienone is 1. The van der Waals surface area contributed by atoms with Crippen LogP contribution in [0.3, 0.4) is 0 Å². The Balaban J connectivity index is 1.79. The summed E-state index contributed by atoms with van der Waals surface area (Å²) in [4.78, 5) is 25.4. The monoisotopic (exact) mass is 329 g/mol. The highest BCUT2D eigenvalue weighted by Crippen LogP contribution is 2.33. The number of carbonyl (C=O) groups is 2. The van der Waals surface area contributed by atoms with Gasteiger partial charge in [-0.25, -0.2) is 4.31 Å². The second-order valence-corrected chi connectivity index (χ2v) is 6.07. The van der Waals surface area contributed by atoms with E-state index in [-0.39, 0.29) is 11.8 Å². The molecule has 0 aromatic heterocycles. The summed E-state index contributed by atoms with van der Waals surface area (Å²) in [6.07, 6.45) is 0.572. The molecule has 0 saturated heterocycles. The van der Waals surface area contributed by atoms with Gasteiger partial charge < -0.3 is 0 Å². The number of hydrogen-bond acceptors (Lipinski definition) is 3. The summed E-state index contributed by atoms with van der Waals surface area (Å²) in [6.45, 7) is 0. The number of rotatable bonds is 4. The van der Waals surface area contributed by atoms with Crippen molar-refractivity contribution in [1.29, 1.82) is 0 Å². The molecule has 1 heterocycles. The fourth-order valence-electron chi connectivity index (χ4n) is 2.26. The van der Waals surface area contributed by atoms with Gasteiger partial charge in [0.25, 0.3) is 11.8 Å². The Bertz CT molecular complexity index is 723. The molecule has 0 saturated carbocycles. The van der Waals surface area contributed by atoms with E-state index in [0.29, 0.717) is 17.5 Å². The van der Waals surface area contributed by atoms with Crippen molar-refractivity contribution >= 4 is 35.4 Å². The van der Waals surface area contributed by atoms with Crippen LogP contribution in [0.1, 0.15) is 26.3 Å². The summed E-state index contributed by atoms with van der Waals surface area (Å²) in [5, 5.41) is 0. The molecule has 0 radical (unpaired) electrons. The largest absolute Gasteiger partial charge is 0.272 e. The zero-order valence-electron chi connectivity index (χ0n) is 11.5. The van der Waals surface area contributed by atoms with Gasteiger partial charge in [0.15, 0.2) is 0 Å². The van der Waals surface area contributed by atoms with E-state index in [9.17, 15) is 9.59 Å². The first kappa shape index (κ1) is 14.9. The van der Waals surface area contributed by atoms with Crippen LogP contribution in [0, 0.1) is 0 Å². The highest BCUT2D eigenvalue weighted by atomic mass is 35.5. The number of imide groups is 1. The molecule has 0 unspecified atom stereocenters. The third kappa shape index (κ3) is 2.80. The summed E-state index contributed by atoms with van der Waals surface area (Å²) >= 11 is 6.95. The van der Waals surface area contributed by atoms with Gasteiger partial charge in [-0.05, 0) is 29.6 Å². The van der Waals surface area contributed by atoms with Gasteiger partial charge in [-0.1, -0.05) is 54.1 Å². The summed E-state index contributed by atoms with van der Waals surface area (Å²) in [6, 6.07) is 16.6. The Kier molecular flexibility index (Phi) is 4.32. The minimum atomic E-state index is -0.297. The molecule has 3 rings (SSSR count). The maximum absolute atomic E-state index is 12.3. The maximum Gasteiger partial charge on any atom is 0.272 e. The number of hydrogen-bond donors (Lipinski definition) is 0. The lowest BCUT2D eigenvalue weighted by Crippen LogP contribution is -2.22. The molecule has 0 bridgehead atoms. The Labute approximate surface area is 137 Å². The predicted molar refractivity (Wildman–Crippen MR) is 88.6 cm³/mol. The average Bonchev–Trinajstić information content (AvgIpc) is 2.80. The number of nitrogens with zero attached hydrogens (tertiary/aromatic N) is 1. The lowest BCUT2D eigenvalue weighted by molar-refractivity contribution is 0.0777. The van der Waals surface area contributed by atoms with Crippen molar-refractivity contribution in [3.8, 4) is 0 Å². The number of halogens is 1. The summed E-state index contributed by atoms with van der Waals surface area (Å²) in [5.41, 5.74) is 3.36. The van der Waals surface area contributed by atoms with Crippen LogP contribution >= 0.6 is 23.5 Å². The van der Waals surface area contributed by atoms with Crippen LogP contribution in [0.4, 0.5) is 0 Å². The minimum absolute atomic E-state index is 0.297. The summed E-state index contributed by atoms with van der Waals surface area (Å²) in [7, 11) is 0. The van der Waals surface area contributed by atoms with E-state index in [0.717, 1.165) is 22.4 Å². The van der Waals surface area contributed by atoms with Gasteiger partial charge in [0.05, 0.1) is 11.1 Å². The van der Waals surface area contributed by atoms with Crippen molar-refractivity contribution in [3.63, 3.8) is 0 Å². The Hall–Kier alpha value is -2.04. The average molecular weight is 330 g/mol. The molecule has 5 heteroatoms. The fraction of sp³-hybridized carbons (Fsp3) is 0.0588. The molecule has 0 fully saturated rings.